The molecule has 0 atom stereocenters. The van der Waals surface area contributed by atoms with E-state index in [-0.39, 0.29) is 11.5 Å². The smallest absolute Gasteiger partial charge is 0.274 e. The van der Waals surface area contributed by atoms with Gasteiger partial charge in [0, 0.05) is 64.4 Å². The molecule has 0 radical (unpaired) electrons. The van der Waals surface area contributed by atoms with Crippen molar-refractivity contribution in [2.24, 2.45) is 7.05 Å². The van der Waals surface area contributed by atoms with Crippen LogP contribution in [0.5, 0.6) is 0 Å². The van der Waals surface area contributed by atoms with Crippen LogP contribution >= 0.6 is 0 Å². The second-order valence-electron chi connectivity index (χ2n) is 7.99. The summed E-state index contributed by atoms with van der Waals surface area (Å²) in [6.45, 7) is 4.40. The first-order valence-corrected chi connectivity index (χ1v) is 10.4. The Morgan fingerprint density at radius 2 is 1.97 bits per heavy atom. The maximum absolute atomic E-state index is 13.2. The van der Waals surface area contributed by atoms with Gasteiger partial charge in [0.05, 0.1) is 18.8 Å². The predicted octanol–water partition coefficient (Wildman–Crippen LogP) is 0.348. The molecule has 29 heavy (non-hydrogen) atoms. The molecule has 154 valence electrons. The van der Waals surface area contributed by atoms with Gasteiger partial charge >= 0.3 is 0 Å². The van der Waals surface area contributed by atoms with Gasteiger partial charge in [-0.1, -0.05) is 0 Å². The number of carbonyl (C=O) groups is 1. The number of aryl methyl sites for hydroxylation is 3. The molecule has 1 saturated heterocycles. The molecule has 0 aromatic carbocycles. The number of morpholine rings is 1. The van der Waals surface area contributed by atoms with Crippen molar-refractivity contribution in [2.75, 3.05) is 37.7 Å². The molecule has 0 unspecified atom stereocenters. The molecule has 1 amide bonds. The van der Waals surface area contributed by atoms with Crippen LogP contribution in [0, 0.1) is 0 Å². The van der Waals surface area contributed by atoms with Gasteiger partial charge in [-0.25, -0.2) is 9.67 Å². The van der Waals surface area contributed by atoms with E-state index in [1.165, 1.54) is 0 Å². The highest BCUT2D eigenvalue weighted by molar-refractivity contribution is 6.03. The Balaban J connectivity index is 1.37. The molecular weight excluding hydrogens is 372 g/mol. The highest BCUT2D eigenvalue weighted by atomic mass is 16.5. The Bertz CT molecular complexity index is 981. The highest BCUT2D eigenvalue weighted by Crippen LogP contribution is 2.29. The van der Waals surface area contributed by atoms with Crippen molar-refractivity contribution in [1.82, 2.24) is 24.2 Å². The average Bonchev–Trinajstić information content (AvgIpc) is 3.29. The first-order valence-electron chi connectivity index (χ1n) is 10.4. The van der Waals surface area contributed by atoms with Gasteiger partial charge < -0.3 is 19.1 Å². The Kier molecular flexibility index (Phi) is 4.61. The van der Waals surface area contributed by atoms with E-state index >= 15 is 0 Å². The molecule has 0 aliphatic carbocycles. The van der Waals surface area contributed by atoms with Crippen molar-refractivity contribution in [3.05, 3.63) is 39.3 Å². The van der Waals surface area contributed by atoms with Crippen molar-refractivity contribution in [3.8, 4) is 0 Å². The van der Waals surface area contributed by atoms with Crippen molar-refractivity contribution < 1.29 is 9.53 Å². The van der Waals surface area contributed by atoms with Crippen molar-refractivity contribution in [2.45, 2.75) is 38.8 Å². The van der Waals surface area contributed by atoms with Gasteiger partial charge in [-0.2, -0.15) is 5.10 Å². The lowest BCUT2D eigenvalue weighted by Crippen LogP contribution is -2.41. The van der Waals surface area contributed by atoms with E-state index in [0.29, 0.717) is 57.1 Å². The third-order valence-electron chi connectivity index (χ3n) is 6.04. The molecular formula is C20H26N6O3. The second-order valence-corrected chi connectivity index (χ2v) is 7.99. The van der Waals surface area contributed by atoms with Crippen LogP contribution in [0.1, 0.15) is 40.4 Å². The molecule has 3 aliphatic heterocycles. The molecule has 0 N–H and O–H groups in total. The van der Waals surface area contributed by atoms with Crippen LogP contribution in [0.4, 0.5) is 5.69 Å². The zero-order valence-electron chi connectivity index (χ0n) is 16.8. The molecule has 0 bridgehead atoms. The van der Waals surface area contributed by atoms with Gasteiger partial charge in [0.15, 0.2) is 5.82 Å². The van der Waals surface area contributed by atoms with Crippen LogP contribution in [0.2, 0.25) is 0 Å². The Hall–Kier alpha value is -2.68. The fourth-order valence-electron chi connectivity index (χ4n) is 4.51. The Labute approximate surface area is 168 Å². The number of fused-ring (bicyclic) bond motifs is 2. The average molecular weight is 398 g/mol. The van der Waals surface area contributed by atoms with E-state index in [0.717, 1.165) is 43.0 Å². The van der Waals surface area contributed by atoms with E-state index in [2.05, 4.69) is 10.1 Å². The number of hydrogen-bond acceptors (Lipinski definition) is 6. The van der Waals surface area contributed by atoms with Gasteiger partial charge in [-0.05, 0) is 12.8 Å². The number of pyridine rings is 1. The summed E-state index contributed by atoms with van der Waals surface area (Å²) in [5.74, 6) is 1.79. The number of aromatic nitrogens is 4. The minimum absolute atomic E-state index is 0.0665. The summed E-state index contributed by atoms with van der Waals surface area (Å²) >= 11 is 0. The first kappa shape index (κ1) is 18.4. The number of nitrogens with zero attached hydrogens (tertiary/aromatic N) is 6. The van der Waals surface area contributed by atoms with Crippen molar-refractivity contribution in [1.29, 1.82) is 0 Å². The molecule has 3 aliphatic rings. The summed E-state index contributed by atoms with van der Waals surface area (Å²) in [4.78, 5) is 34.5. The zero-order valence-corrected chi connectivity index (χ0v) is 16.8. The van der Waals surface area contributed by atoms with Crippen LogP contribution in [0.25, 0.3) is 0 Å². The van der Waals surface area contributed by atoms with Crippen LogP contribution < -0.4 is 10.5 Å². The summed E-state index contributed by atoms with van der Waals surface area (Å²) in [6, 6.07) is 0. The number of amides is 1. The number of rotatable bonds is 4. The minimum Gasteiger partial charge on any atom is -0.378 e. The lowest BCUT2D eigenvalue weighted by Gasteiger charge is -2.29. The molecule has 5 rings (SSSR count). The molecule has 9 nitrogen and oxygen atoms in total. The monoisotopic (exact) mass is 398 g/mol. The van der Waals surface area contributed by atoms with E-state index in [1.54, 1.807) is 17.8 Å². The largest absolute Gasteiger partial charge is 0.378 e. The third-order valence-corrected chi connectivity index (χ3v) is 6.04. The van der Waals surface area contributed by atoms with E-state index in [9.17, 15) is 9.59 Å². The second kappa shape index (κ2) is 7.29. The molecule has 9 heteroatoms. The zero-order chi connectivity index (χ0) is 20.0. The third kappa shape index (κ3) is 3.23. The van der Waals surface area contributed by atoms with Crippen molar-refractivity contribution in [3.63, 3.8) is 0 Å². The maximum Gasteiger partial charge on any atom is 0.274 e. The van der Waals surface area contributed by atoms with E-state index in [4.69, 9.17) is 4.74 Å². The fourth-order valence-corrected chi connectivity index (χ4v) is 4.51. The van der Waals surface area contributed by atoms with Crippen LogP contribution in [-0.4, -0.2) is 63.0 Å². The lowest BCUT2D eigenvalue weighted by atomic mass is 10.1. The summed E-state index contributed by atoms with van der Waals surface area (Å²) in [5.41, 5.74) is 1.88. The van der Waals surface area contributed by atoms with Gasteiger partial charge in [0.25, 0.3) is 11.5 Å². The summed E-state index contributed by atoms with van der Waals surface area (Å²) in [7, 11) is 1.75. The fraction of sp³-hybridized carbons (Fsp3) is 0.600. The normalized spacial score (nSPS) is 18.9. The first-order chi connectivity index (χ1) is 14.1. The van der Waals surface area contributed by atoms with Crippen LogP contribution in [0.15, 0.2) is 11.0 Å². The predicted molar refractivity (Wildman–Crippen MR) is 106 cm³/mol. The summed E-state index contributed by atoms with van der Waals surface area (Å²) in [6.07, 6.45) is 5.72. The number of carbonyl (C=O) groups excluding carboxylic acids is 1. The van der Waals surface area contributed by atoms with Crippen LogP contribution in [-0.2, 0) is 37.7 Å². The van der Waals surface area contributed by atoms with E-state index in [1.807, 2.05) is 14.5 Å². The van der Waals surface area contributed by atoms with Gasteiger partial charge in [0.1, 0.15) is 11.5 Å². The maximum atomic E-state index is 13.2. The Morgan fingerprint density at radius 1 is 1.14 bits per heavy atom. The SMILES string of the molecule is Cn1cc2c(c(N3CCOCC3)c1=O)C(=O)N(CCc1nc3n(n1)CCCC3)C2. The van der Waals surface area contributed by atoms with Gasteiger partial charge in [-0.15, -0.1) is 0 Å². The van der Waals surface area contributed by atoms with Crippen LogP contribution in [0.3, 0.4) is 0 Å². The molecule has 2 aromatic rings. The Morgan fingerprint density at radius 3 is 2.76 bits per heavy atom. The molecule has 0 saturated carbocycles. The standard InChI is InChI=1S/C20H26N6O3/c1-23-12-14-13-25(7-5-15-21-16-4-2-3-6-26(16)22-15)19(27)17(14)18(20(23)28)24-8-10-29-11-9-24/h12H,2-11,13H2,1H3. The number of hydrogen-bond donors (Lipinski definition) is 0. The quantitative estimate of drug-likeness (QED) is 0.739. The van der Waals surface area contributed by atoms with E-state index < -0.39 is 0 Å². The molecule has 5 heterocycles. The topological polar surface area (TPSA) is 85.5 Å². The highest BCUT2D eigenvalue weighted by Gasteiger charge is 2.34. The lowest BCUT2D eigenvalue weighted by molar-refractivity contribution is 0.0779. The summed E-state index contributed by atoms with van der Waals surface area (Å²) < 4.78 is 9.01. The number of anilines is 1. The molecule has 2 aromatic heterocycles. The molecule has 0 spiro atoms. The minimum atomic E-state index is -0.121. The van der Waals surface area contributed by atoms with Crippen molar-refractivity contribution >= 4 is 11.6 Å². The number of ether oxygens (including phenoxy) is 1. The molecule has 1 fully saturated rings. The van der Waals surface area contributed by atoms with Gasteiger partial charge in [0.2, 0.25) is 0 Å². The summed E-state index contributed by atoms with van der Waals surface area (Å²) in [5, 5.41) is 4.60. The van der Waals surface area contributed by atoms with Gasteiger partial charge in [-0.3, -0.25) is 9.59 Å².